The molecule has 2 amide bonds. The van der Waals surface area contributed by atoms with Crippen LogP contribution in [0.3, 0.4) is 0 Å². The topological polar surface area (TPSA) is 86.8 Å². The SMILES string of the molecule is CCNC(=O)C(C)N(Cc1ccccc1)C(=O)CCCN(c1cc(C)cc(C)c1)S(C)(=O)=O. The first-order valence-corrected chi connectivity index (χ1v) is 13.0. The van der Waals surface area contributed by atoms with E-state index in [1.54, 1.807) is 11.8 Å². The lowest BCUT2D eigenvalue weighted by molar-refractivity contribution is -0.140. The van der Waals surface area contributed by atoms with E-state index in [0.717, 1.165) is 16.7 Å². The maximum Gasteiger partial charge on any atom is 0.242 e. The van der Waals surface area contributed by atoms with Gasteiger partial charge in [0.05, 0.1) is 11.9 Å². The van der Waals surface area contributed by atoms with E-state index in [0.29, 0.717) is 25.2 Å². The molecule has 0 aliphatic rings. The zero-order chi connectivity index (χ0) is 24.6. The van der Waals surface area contributed by atoms with Gasteiger partial charge in [-0.25, -0.2) is 8.42 Å². The minimum absolute atomic E-state index is 0.132. The van der Waals surface area contributed by atoms with Crippen LogP contribution in [-0.4, -0.2) is 50.5 Å². The van der Waals surface area contributed by atoms with Crippen LogP contribution in [-0.2, 0) is 26.2 Å². The highest BCUT2D eigenvalue weighted by Gasteiger charge is 2.26. The summed E-state index contributed by atoms with van der Waals surface area (Å²) >= 11 is 0. The summed E-state index contributed by atoms with van der Waals surface area (Å²) in [6, 6.07) is 14.5. The number of benzene rings is 2. The van der Waals surface area contributed by atoms with E-state index in [2.05, 4.69) is 5.32 Å². The van der Waals surface area contributed by atoms with Gasteiger partial charge in [0.15, 0.2) is 0 Å². The molecule has 180 valence electrons. The van der Waals surface area contributed by atoms with Gasteiger partial charge in [-0.05, 0) is 62.9 Å². The average Bonchev–Trinajstić information content (AvgIpc) is 2.73. The van der Waals surface area contributed by atoms with E-state index in [4.69, 9.17) is 0 Å². The number of nitrogens with one attached hydrogen (secondary N) is 1. The molecule has 1 unspecified atom stereocenters. The Labute approximate surface area is 197 Å². The second-order valence-corrected chi connectivity index (χ2v) is 10.3. The normalized spacial score (nSPS) is 12.2. The van der Waals surface area contributed by atoms with Gasteiger partial charge in [-0.1, -0.05) is 36.4 Å². The molecular formula is C25H35N3O4S. The highest BCUT2D eigenvalue weighted by atomic mass is 32.2. The lowest BCUT2D eigenvalue weighted by Gasteiger charge is -2.29. The maximum atomic E-state index is 13.2. The number of anilines is 1. The highest BCUT2D eigenvalue weighted by molar-refractivity contribution is 7.92. The molecule has 0 fully saturated rings. The van der Waals surface area contributed by atoms with Crippen LogP contribution in [0.2, 0.25) is 0 Å². The lowest BCUT2D eigenvalue weighted by Crippen LogP contribution is -2.47. The molecule has 0 spiro atoms. The van der Waals surface area contributed by atoms with Crippen molar-refractivity contribution in [3.8, 4) is 0 Å². The molecule has 2 aromatic carbocycles. The largest absolute Gasteiger partial charge is 0.355 e. The summed E-state index contributed by atoms with van der Waals surface area (Å²) in [6.07, 6.45) is 1.64. The molecule has 0 heterocycles. The average molecular weight is 474 g/mol. The quantitative estimate of drug-likeness (QED) is 0.542. The number of carbonyl (C=O) groups is 2. The third-order valence-electron chi connectivity index (χ3n) is 5.36. The van der Waals surface area contributed by atoms with E-state index in [1.807, 2.05) is 69.3 Å². The van der Waals surface area contributed by atoms with Crippen molar-refractivity contribution >= 4 is 27.5 Å². The van der Waals surface area contributed by atoms with Crippen molar-refractivity contribution in [2.24, 2.45) is 0 Å². The molecule has 8 heteroatoms. The number of aryl methyl sites for hydroxylation is 2. The van der Waals surface area contributed by atoms with Gasteiger partial charge in [0.2, 0.25) is 21.8 Å². The van der Waals surface area contributed by atoms with E-state index in [9.17, 15) is 18.0 Å². The van der Waals surface area contributed by atoms with E-state index in [-0.39, 0.29) is 24.8 Å². The first kappa shape index (κ1) is 26.4. The van der Waals surface area contributed by atoms with Gasteiger partial charge in [0.1, 0.15) is 6.04 Å². The van der Waals surface area contributed by atoms with Gasteiger partial charge in [-0.3, -0.25) is 13.9 Å². The predicted molar refractivity (Wildman–Crippen MR) is 132 cm³/mol. The van der Waals surface area contributed by atoms with Crippen LogP contribution in [0.4, 0.5) is 5.69 Å². The monoisotopic (exact) mass is 473 g/mol. The van der Waals surface area contributed by atoms with Crippen molar-refractivity contribution in [1.82, 2.24) is 10.2 Å². The molecule has 0 saturated heterocycles. The zero-order valence-electron chi connectivity index (χ0n) is 20.2. The van der Waals surface area contributed by atoms with Crippen molar-refractivity contribution in [3.63, 3.8) is 0 Å². The van der Waals surface area contributed by atoms with Crippen LogP contribution >= 0.6 is 0 Å². The molecule has 0 bridgehead atoms. The van der Waals surface area contributed by atoms with Gasteiger partial charge in [0.25, 0.3) is 0 Å². The molecule has 2 aromatic rings. The lowest BCUT2D eigenvalue weighted by atomic mass is 10.1. The molecule has 0 aliphatic heterocycles. The Balaban J connectivity index is 2.15. The third kappa shape index (κ3) is 7.89. The van der Waals surface area contributed by atoms with Gasteiger partial charge < -0.3 is 10.2 Å². The van der Waals surface area contributed by atoms with E-state index in [1.165, 1.54) is 10.6 Å². The first-order chi connectivity index (χ1) is 15.5. The molecule has 1 atom stereocenters. The molecule has 0 aliphatic carbocycles. The van der Waals surface area contributed by atoms with Gasteiger partial charge >= 0.3 is 0 Å². The molecule has 0 saturated carbocycles. The molecule has 1 N–H and O–H groups in total. The van der Waals surface area contributed by atoms with Crippen LogP contribution < -0.4 is 9.62 Å². The zero-order valence-corrected chi connectivity index (χ0v) is 21.0. The van der Waals surface area contributed by atoms with Crippen LogP contribution in [0, 0.1) is 13.8 Å². The number of hydrogen-bond donors (Lipinski definition) is 1. The Bertz CT molecular complexity index is 1030. The second kappa shape index (κ2) is 11.8. The number of amides is 2. The van der Waals surface area contributed by atoms with Crippen LogP contribution in [0.15, 0.2) is 48.5 Å². The smallest absolute Gasteiger partial charge is 0.242 e. The highest BCUT2D eigenvalue weighted by Crippen LogP contribution is 2.22. The van der Waals surface area contributed by atoms with Crippen LogP contribution in [0.1, 0.15) is 43.4 Å². The van der Waals surface area contributed by atoms with Crippen molar-refractivity contribution in [2.45, 2.75) is 53.1 Å². The summed E-state index contributed by atoms with van der Waals surface area (Å²) in [4.78, 5) is 27.2. The number of hydrogen-bond acceptors (Lipinski definition) is 4. The maximum absolute atomic E-state index is 13.2. The van der Waals surface area contributed by atoms with Crippen molar-refractivity contribution in [3.05, 3.63) is 65.2 Å². The van der Waals surface area contributed by atoms with E-state index >= 15 is 0 Å². The molecule has 0 aromatic heterocycles. The summed E-state index contributed by atoms with van der Waals surface area (Å²) < 4.78 is 26.2. The van der Waals surface area contributed by atoms with Crippen molar-refractivity contribution in [1.29, 1.82) is 0 Å². The molecule has 0 radical (unpaired) electrons. The fraction of sp³-hybridized carbons (Fsp3) is 0.440. The van der Waals surface area contributed by atoms with Crippen LogP contribution in [0.5, 0.6) is 0 Å². The number of likely N-dealkylation sites (N-methyl/N-ethyl adjacent to an activating group) is 1. The Hall–Kier alpha value is -2.87. The molecule has 2 rings (SSSR count). The van der Waals surface area contributed by atoms with Gasteiger partial charge in [0, 0.05) is 26.1 Å². The number of rotatable bonds is 11. The first-order valence-electron chi connectivity index (χ1n) is 11.2. The molecular weight excluding hydrogens is 438 g/mol. The van der Waals surface area contributed by atoms with Gasteiger partial charge in [-0.15, -0.1) is 0 Å². The summed E-state index contributed by atoms with van der Waals surface area (Å²) in [5.41, 5.74) is 3.47. The molecule has 33 heavy (non-hydrogen) atoms. The van der Waals surface area contributed by atoms with Crippen molar-refractivity contribution in [2.75, 3.05) is 23.7 Å². The third-order valence-corrected chi connectivity index (χ3v) is 6.55. The van der Waals surface area contributed by atoms with E-state index < -0.39 is 16.1 Å². The number of carbonyl (C=O) groups excluding carboxylic acids is 2. The Morgan fingerprint density at radius 2 is 1.64 bits per heavy atom. The Morgan fingerprint density at radius 1 is 1.03 bits per heavy atom. The minimum atomic E-state index is -3.51. The standard InChI is InChI=1S/C25H35N3O4S/c1-6-26-25(30)21(4)27(18-22-11-8-7-9-12-22)24(29)13-10-14-28(33(5,31)32)23-16-19(2)15-20(3)17-23/h7-9,11-12,15-17,21H,6,10,13-14,18H2,1-5H3,(H,26,30). The minimum Gasteiger partial charge on any atom is -0.355 e. The number of sulfonamides is 1. The summed E-state index contributed by atoms with van der Waals surface area (Å²) in [5, 5.41) is 2.77. The fourth-order valence-corrected chi connectivity index (χ4v) is 4.73. The Morgan fingerprint density at radius 3 is 2.18 bits per heavy atom. The Kier molecular flexibility index (Phi) is 9.46. The summed E-state index contributed by atoms with van der Waals surface area (Å²) in [5.74, 6) is -0.402. The molecule has 7 nitrogen and oxygen atoms in total. The van der Waals surface area contributed by atoms with Crippen molar-refractivity contribution < 1.29 is 18.0 Å². The summed E-state index contributed by atoms with van der Waals surface area (Å²) in [6.45, 7) is 8.36. The number of nitrogens with zero attached hydrogens (tertiary/aromatic N) is 2. The second-order valence-electron chi connectivity index (χ2n) is 8.36. The summed E-state index contributed by atoms with van der Waals surface area (Å²) in [7, 11) is -3.51. The van der Waals surface area contributed by atoms with Gasteiger partial charge in [-0.2, -0.15) is 0 Å². The predicted octanol–water partition coefficient (Wildman–Crippen LogP) is 3.40. The fourth-order valence-electron chi connectivity index (χ4n) is 3.78. The van der Waals surface area contributed by atoms with Crippen LogP contribution in [0.25, 0.3) is 0 Å².